The van der Waals surface area contributed by atoms with Crippen LogP contribution in [-0.4, -0.2) is 36.1 Å². The second kappa shape index (κ2) is 5.20. The molecule has 3 fully saturated rings. The van der Waals surface area contributed by atoms with Crippen molar-refractivity contribution < 1.29 is 9.53 Å². The minimum atomic E-state index is -0.0843. The van der Waals surface area contributed by atoms with Gasteiger partial charge in [0.05, 0.1) is 0 Å². The molecule has 102 valence electrons. The zero-order valence-electron chi connectivity index (χ0n) is 11.4. The summed E-state index contributed by atoms with van der Waals surface area (Å²) in [7, 11) is 0. The van der Waals surface area contributed by atoms with E-state index in [1.54, 1.807) is 6.92 Å². The molecule has 0 amide bonds. The number of rotatable bonds is 2. The number of nitrogens with zero attached hydrogens (tertiary/aromatic N) is 1. The molecule has 18 heavy (non-hydrogen) atoms. The number of carbonyl (C=O) groups is 1. The molecule has 3 aliphatic rings. The van der Waals surface area contributed by atoms with Crippen molar-refractivity contribution in [1.82, 2.24) is 4.90 Å². The Morgan fingerprint density at radius 3 is 2.56 bits per heavy atom. The Morgan fingerprint density at radius 1 is 1.06 bits per heavy atom. The van der Waals surface area contributed by atoms with Crippen molar-refractivity contribution >= 4 is 5.97 Å². The molecule has 0 spiro atoms. The summed E-state index contributed by atoms with van der Waals surface area (Å²) in [4.78, 5) is 14.0. The van der Waals surface area contributed by atoms with Gasteiger partial charge in [-0.1, -0.05) is 6.42 Å². The standard InChI is InChI=1S/C15H25NO2/c1-11(17)18-15-12-5-4-6-13(15)14(8-7-12)16-9-2-3-10-16/h12-15H,2-10H2,1H3/t12-,13+,14-,15+/m1/s1. The van der Waals surface area contributed by atoms with Gasteiger partial charge < -0.3 is 4.74 Å². The summed E-state index contributed by atoms with van der Waals surface area (Å²) < 4.78 is 5.68. The van der Waals surface area contributed by atoms with Gasteiger partial charge in [0.25, 0.3) is 0 Å². The second-order valence-corrected chi connectivity index (χ2v) is 6.32. The van der Waals surface area contributed by atoms with Gasteiger partial charge in [-0.25, -0.2) is 0 Å². The highest BCUT2D eigenvalue weighted by Gasteiger charge is 2.45. The summed E-state index contributed by atoms with van der Waals surface area (Å²) in [5.41, 5.74) is 0. The molecule has 3 nitrogen and oxygen atoms in total. The van der Waals surface area contributed by atoms with Gasteiger partial charge in [-0.15, -0.1) is 0 Å². The first-order valence-corrected chi connectivity index (χ1v) is 7.67. The molecule has 0 N–H and O–H groups in total. The smallest absolute Gasteiger partial charge is 0.302 e. The second-order valence-electron chi connectivity index (χ2n) is 6.32. The van der Waals surface area contributed by atoms with Crippen LogP contribution in [0.2, 0.25) is 0 Å². The molecule has 0 aromatic rings. The Kier molecular flexibility index (Phi) is 3.60. The Balaban J connectivity index is 1.74. The fourth-order valence-electron chi connectivity index (χ4n) is 4.51. The van der Waals surface area contributed by atoms with Crippen molar-refractivity contribution in [3.63, 3.8) is 0 Å². The van der Waals surface area contributed by atoms with Gasteiger partial charge >= 0.3 is 5.97 Å². The lowest BCUT2D eigenvalue weighted by atomic mass is 9.67. The van der Waals surface area contributed by atoms with E-state index in [-0.39, 0.29) is 12.1 Å². The van der Waals surface area contributed by atoms with E-state index in [1.807, 2.05) is 0 Å². The molecular weight excluding hydrogens is 226 g/mol. The van der Waals surface area contributed by atoms with E-state index in [0.717, 1.165) is 0 Å². The molecule has 0 aromatic carbocycles. The number of ether oxygens (including phenoxy) is 1. The summed E-state index contributed by atoms with van der Waals surface area (Å²) in [5, 5.41) is 0. The summed E-state index contributed by atoms with van der Waals surface area (Å²) in [5.74, 6) is 1.17. The van der Waals surface area contributed by atoms with Crippen molar-refractivity contribution in [3.05, 3.63) is 0 Å². The van der Waals surface area contributed by atoms with Crippen molar-refractivity contribution in [3.8, 4) is 0 Å². The zero-order valence-corrected chi connectivity index (χ0v) is 11.4. The van der Waals surface area contributed by atoms with Crippen molar-refractivity contribution in [2.45, 2.75) is 64.0 Å². The summed E-state index contributed by atoms with van der Waals surface area (Å²) in [6, 6.07) is 0.688. The van der Waals surface area contributed by atoms with E-state index in [1.165, 1.54) is 58.0 Å². The van der Waals surface area contributed by atoms with Crippen LogP contribution in [0.25, 0.3) is 0 Å². The van der Waals surface area contributed by atoms with Gasteiger partial charge in [0.2, 0.25) is 0 Å². The van der Waals surface area contributed by atoms with E-state index in [4.69, 9.17) is 4.74 Å². The third-order valence-electron chi connectivity index (χ3n) is 5.24. The van der Waals surface area contributed by atoms with E-state index in [9.17, 15) is 4.79 Å². The van der Waals surface area contributed by atoms with Gasteiger partial charge in [0.1, 0.15) is 6.10 Å². The van der Waals surface area contributed by atoms with E-state index < -0.39 is 0 Å². The topological polar surface area (TPSA) is 29.5 Å². The predicted molar refractivity (Wildman–Crippen MR) is 70.2 cm³/mol. The fourth-order valence-corrected chi connectivity index (χ4v) is 4.51. The van der Waals surface area contributed by atoms with Crippen LogP contribution in [0.15, 0.2) is 0 Å². The maximum atomic E-state index is 11.3. The van der Waals surface area contributed by atoms with Crippen LogP contribution in [-0.2, 0) is 9.53 Å². The van der Waals surface area contributed by atoms with Gasteiger partial charge in [-0.3, -0.25) is 9.69 Å². The molecule has 3 rings (SSSR count). The molecule has 2 bridgehead atoms. The van der Waals surface area contributed by atoms with Crippen LogP contribution in [0.3, 0.4) is 0 Å². The molecule has 0 aromatic heterocycles. The largest absolute Gasteiger partial charge is 0.462 e. The van der Waals surface area contributed by atoms with Gasteiger partial charge in [-0.2, -0.15) is 0 Å². The molecule has 1 heterocycles. The molecule has 2 aliphatic carbocycles. The van der Waals surface area contributed by atoms with Gasteiger partial charge in [0.15, 0.2) is 0 Å². The van der Waals surface area contributed by atoms with E-state index >= 15 is 0 Å². The van der Waals surface area contributed by atoms with Gasteiger partial charge in [-0.05, 0) is 57.5 Å². The third kappa shape index (κ3) is 2.29. The molecule has 1 saturated heterocycles. The Hall–Kier alpha value is -0.570. The van der Waals surface area contributed by atoms with E-state index in [0.29, 0.717) is 17.9 Å². The lowest BCUT2D eigenvalue weighted by Crippen LogP contribution is -2.52. The average molecular weight is 251 g/mol. The third-order valence-corrected chi connectivity index (χ3v) is 5.24. The Labute approximate surface area is 110 Å². The quantitative estimate of drug-likeness (QED) is 0.707. The van der Waals surface area contributed by atoms with Gasteiger partial charge in [0, 0.05) is 18.9 Å². The molecule has 0 unspecified atom stereocenters. The van der Waals surface area contributed by atoms with Crippen LogP contribution >= 0.6 is 0 Å². The summed E-state index contributed by atoms with van der Waals surface area (Å²) >= 11 is 0. The Morgan fingerprint density at radius 2 is 1.83 bits per heavy atom. The predicted octanol–water partition coefficient (Wildman–Crippen LogP) is 2.59. The van der Waals surface area contributed by atoms with Crippen LogP contribution in [0.4, 0.5) is 0 Å². The molecular formula is C15H25NO2. The highest BCUT2D eigenvalue weighted by atomic mass is 16.5. The number of hydrogen-bond acceptors (Lipinski definition) is 3. The monoisotopic (exact) mass is 251 g/mol. The van der Waals surface area contributed by atoms with Crippen molar-refractivity contribution in [2.24, 2.45) is 11.8 Å². The Bertz CT molecular complexity index is 312. The minimum absolute atomic E-state index is 0.0843. The lowest BCUT2D eigenvalue weighted by Gasteiger charge is -2.48. The average Bonchev–Trinajstić information content (AvgIpc) is 2.81. The number of fused-ring (bicyclic) bond motifs is 2. The normalized spacial score (nSPS) is 40.7. The minimum Gasteiger partial charge on any atom is -0.462 e. The molecule has 4 atom stereocenters. The van der Waals surface area contributed by atoms with Crippen LogP contribution in [0.5, 0.6) is 0 Å². The lowest BCUT2D eigenvalue weighted by molar-refractivity contribution is -0.161. The first-order valence-electron chi connectivity index (χ1n) is 7.67. The highest BCUT2D eigenvalue weighted by Crippen LogP contribution is 2.44. The van der Waals surface area contributed by atoms with Crippen molar-refractivity contribution in [2.75, 3.05) is 13.1 Å². The maximum Gasteiger partial charge on any atom is 0.302 e. The number of hydrogen-bond donors (Lipinski definition) is 0. The SMILES string of the molecule is CC(=O)O[C@H]1[C@@H]2CCC[C@H]1[C@H](N1CCCC1)CC2. The summed E-state index contributed by atoms with van der Waals surface area (Å²) in [6.45, 7) is 4.09. The van der Waals surface area contributed by atoms with Crippen LogP contribution in [0.1, 0.15) is 51.9 Å². The molecule has 0 radical (unpaired) electrons. The van der Waals surface area contributed by atoms with Crippen LogP contribution < -0.4 is 0 Å². The first-order chi connectivity index (χ1) is 8.75. The molecule has 2 saturated carbocycles. The molecule has 3 heteroatoms. The van der Waals surface area contributed by atoms with Crippen LogP contribution in [0, 0.1) is 11.8 Å². The first kappa shape index (κ1) is 12.5. The highest BCUT2D eigenvalue weighted by molar-refractivity contribution is 5.66. The molecule has 1 aliphatic heterocycles. The zero-order chi connectivity index (χ0) is 12.5. The number of likely N-dealkylation sites (tertiary alicyclic amines) is 1. The van der Waals surface area contributed by atoms with Crippen molar-refractivity contribution in [1.29, 1.82) is 0 Å². The summed E-state index contributed by atoms with van der Waals surface area (Å²) in [6.07, 6.45) is 9.36. The number of esters is 1. The fraction of sp³-hybridized carbons (Fsp3) is 0.933. The van der Waals surface area contributed by atoms with E-state index in [2.05, 4.69) is 4.90 Å². The maximum absolute atomic E-state index is 11.3. The number of carbonyl (C=O) groups excluding carboxylic acids is 1.